The fourth-order valence-electron chi connectivity index (χ4n) is 8.69. The molecule has 10 aromatic carbocycles. The molecule has 2 heteroatoms. The Hall–Kier alpha value is -7.94. The van der Waals surface area contributed by atoms with Gasteiger partial charge in [0.25, 0.3) is 0 Å². The van der Waals surface area contributed by atoms with Gasteiger partial charge in [0.05, 0.1) is 0 Å². The van der Waals surface area contributed by atoms with Crippen LogP contribution in [0.1, 0.15) is 0 Å². The summed E-state index contributed by atoms with van der Waals surface area (Å²) in [5, 5.41) is 6.17. The molecule has 0 fully saturated rings. The van der Waals surface area contributed by atoms with Crippen LogP contribution in [0.3, 0.4) is 0 Å². The third kappa shape index (κ3) is 6.51. The highest BCUT2D eigenvalue weighted by Gasteiger charge is 2.17. The quantitative estimate of drug-likeness (QED) is 0.143. The van der Waals surface area contributed by atoms with Crippen molar-refractivity contribution in [2.24, 2.45) is 0 Å². The van der Waals surface area contributed by atoms with Crippen molar-refractivity contribution in [3.05, 3.63) is 237 Å². The van der Waals surface area contributed by atoms with Gasteiger partial charge in [0.2, 0.25) is 0 Å². The molecule has 2 nitrogen and oxygen atoms in total. The van der Waals surface area contributed by atoms with Gasteiger partial charge >= 0.3 is 0 Å². The predicted octanol–water partition coefficient (Wildman–Crippen LogP) is 16.5. The second-order valence-electron chi connectivity index (χ2n) is 15.3. The molecule has 0 bridgehead atoms. The van der Waals surface area contributed by atoms with Crippen molar-refractivity contribution in [3.8, 4) is 55.8 Å². The molecule has 282 valence electrons. The average Bonchev–Trinajstić information content (AvgIpc) is 3.77. The number of nitrogens with zero attached hydrogens (tertiary/aromatic N) is 1. The maximum atomic E-state index is 6.34. The predicted molar refractivity (Wildman–Crippen MR) is 253 cm³/mol. The van der Waals surface area contributed by atoms with E-state index in [1.807, 2.05) is 18.2 Å². The maximum Gasteiger partial charge on any atom is 0.136 e. The van der Waals surface area contributed by atoms with Crippen molar-refractivity contribution in [3.63, 3.8) is 0 Å². The van der Waals surface area contributed by atoms with Gasteiger partial charge in [-0.1, -0.05) is 182 Å². The summed E-state index contributed by atoms with van der Waals surface area (Å²) >= 11 is 0. The summed E-state index contributed by atoms with van der Waals surface area (Å²) in [5.41, 5.74) is 14.6. The van der Waals surface area contributed by atoms with Crippen molar-refractivity contribution in [2.75, 3.05) is 4.90 Å². The lowest BCUT2D eigenvalue weighted by atomic mass is 9.94. The lowest BCUT2D eigenvalue weighted by Gasteiger charge is -2.26. The fourth-order valence-corrected chi connectivity index (χ4v) is 8.69. The minimum Gasteiger partial charge on any atom is -0.456 e. The van der Waals surface area contributed by atoms with Crippen LogP contribution in [0.25, 0.3) is 88.3 Å². The van der Waals surface area contributed by atoms with E-state index < -0.39 is 0 Å². The summed E-state index contributed by atoms with van der Waals surface area (Å²) in [4.78, 5) is 2.35. The van der Waals surface area contributed by atoms with Gasteiger partial charge in [0, 0.05) is 28.0 Å². The summed E-state index contributed by atoms with van der Waals surface area (Å²) in [6.45, 7) is 0. The van der Waals surface area contributed by atoms with Gasteiger partial charge in [-0.25, -0.2) is 0 Å². The smallest absolute Gasteiger partial charge is 0.136 e. The second-order valence-corrected chi connectivity index (χ2v) is 15.3. The third-order valence-corrected chi connectivity index (χ3v) is 11.7. The zero-order chi connectivity index (χ0) is 39.8. The highest BCUT2D eigenvalue weighted by molar-refractivity contribution is 6.08. The molecule has 0 spiro atoms. The molecule has 0 N–H and O–H groups in total. The first-order valence-electron chi connectivity index (χ1n) is 20.5. The number of hydrogen-bond donors (Lipinski definition) is 0. The molecule has 0 radical (unpaired) electrons. The second kappa shape index (κ2) is 15.1. The van der Waals surface area contributed by atoms with Crippen LogP contribution in [0.2, 0.25) is 0 Å². The van der Waals surface area contributed by atoms with Gasteiger partial charge < -0.3 is 9.32 Å². The normalized spacial score (nSPS) is 11.3. The Morgan fingerprint density at radius 2 is 0.717 bits per heavy atom. The first-order chi connectivity index (χ1) is 29.7. The molecule has 11 rings (SSSR count). The first-order valence-corrected chi connectivity index (χ1v) is 20.5. The number of rotatable bonds is 8. The van der Waals surface area contributed by atoms with E-state index >= 15 is 0 Å². The first kappa shape index (κ1) is 35.2. The molecular weight excluding hydrogens is 727 g/mol. The average molecular weight is 766 g/mol. The summed E-state index contributed by atoms with van der Waals surface area (Å²) < 4.78 is 6.34. The fraction of sp³-hybridized carbons (Fsp3) is 0. The highest BCUT2D eigenvalue weighted by atomic mass is 16.3. The van der Waals surface area contributed by atoms with Gasteiger partial charge in [-0.2, -0.15) is 0 Å². The topological polar surface area (TPSA) is 16.4 Å². The number of para-hydroxylation sites is 1. The molecule has 0 saturated carbocycles. The van der Waals surface area contributed by atoms with Crippen molar-refractivity contribution in [1.29, 1.82) is 0 Å². The Bertz CT molecular complexity index is 3260. The molecule has 0 unspecified atom stereocenters. The van der Waals surface area contributed by atoms with E-state index in [9.17, 15) is 0 Å². The molecule has 0 amide bonds. The van der Waals surface area contributed by atoms with E-state index in [0.717, 1.165) is 50.5 Å². The van der Waals surface area contributed by atoms with Crippen LogP contribution in [0.5, 0.6) is 0 Å². The van der Waals surface area contributed by atoms with Gasteiger partial charge in [-0.05, 0) is 121 Å². The van der Waals surface area contributed by atoms with Crippen LogP contribution < -0.4 is 4.90 Å². The van der Waals surface area contributed by atoms with Crippen LogP contribution in [0, 0.1) is 0 Å². The SMILES string of the molecule is c1ccc(-c2ccccc2-c2ccc(N(c3ccc(-c4ccc5c(ccc6ccccc65)c4)cc3)c3ccc(-c4ccccc4-c4cc5ccccc5o4)cc3)cc2)cc1. The Morgan fingerprint density at radius 3 is 1.35 bits per heavy atom. The van der Waals surface area contributed by atoms with E-state index in [2.05, 4.69) is 223 Å². The molecule has 0 saturated heterocycles. The standard InChI is InChI=1S/C58H39NO/c1-2-12-41(13-3-1)51-17-7-8-18-53(51)43-26-33-49(34-27-43)59(48-31-24-40(25-32-48)45-30-37-55-46(38-45)23-22-42-14-4-6-16-52(42)55)50-35-28-44(29-36-50)54-19-9-10-20-56(54)58-39-47-15-5-11-21-57(47)60-58/h1-39H. The van der Waals surface area contributed by atoms with Crippen LogP contribution >= 0.6 is 0 Å². The molecule has 60 heavy (non-hydrogen) atoms. The lowest BCUT2D eigenvalue weighted by molar-refractivity contribution is 0.632. The summed E-state index contributed by atoms with van der Waals surface area (Å²) in [5.74, 6) is 0.867. The number of anilines is 3. The number of benzene rings is 10. The van der Waals surface area contributed by atoms with Gasteiger partial charge in [0.1, 0.15) is 11.3 Å². The van der Waals surface area contributed by atoms with Crippen LogP contribution in [0.4, 0.5) is 17.1 Å². The van der Waals surface area contributed by atoms with E-state index in [1.165, 1.54) is 54.9 Å². The van der Waals surface area contributed by atoms with Crippen molar-refractivity contribution < 1.29 is 4.42 Å². The molecule has 1 aromatic heterocycles. The maximum absolute atomic E-state index is 6.34. The Morgan fingerprint density at radius 1 is 0.267 bits per heavy atom. The molecule has 1 heterocycles. The zero-order valence-corrected chi connectivity index (χ0v) is 32.9. The molecule has 0 atom stereocenters. The molecule has 0 aliphatic heterocycles. The minimum atomic E-state index is 0.867. The Kier molecular flexibility index (Phi) is 8.87. The molecule has 11 aromatic rings. The number of hydrogen-bond acceptors (Lipinski definition) is 2. The molecule has 0 aliphatic rings. The monoisotopic (exact) mass is 765 g/mol. The Balaban J connectivity index is 0.971. The summed E-state index contributed by atoms with van der Waals surface area (Å²) in [6.07, 6.45) is 0. The lowest BCUT2D eigenvalue weighted by Crippen LogP contribution is -2.09. The molecular formula is C58H39NO. The Labute approximate surface area is 349 Å². The highest BCUT2D eigenvalue weighted by Crippen LogP contribution is 2.41. The van der Waals surface area contributed by atoms with E-state index in [-0.39, 0.29) is 0 Å². The molecule has 0 aliphatic carbocycles. The zero-order valence-electron chi connectivity index (χ0n) is 32.9. The van der Waals surface area contributed by atoms with E-state index in [4.69, 9.17) is 4.42 Å². The van der Waals surface area contributed by atoms with Gasteiger partial charge in [0.15, 0.2) is 0 Å². The van der Waals surface area contributed by atoms with Crippen molar-refractivity contribution in [2.45, 2.75) is 0 Å². The summed E-state index contributed by atoms with van der Waals surface area (Å²) in [6, 6.07) is 84.8. The van der Waals surface area contributed by atoms with Gasteiger partial charge in [-0.15, -0.1) is 0 Å². The van der Waals surface area contributed by atoms with E-state index in [1.54, 1.807) is 0 Å². The van der Waals surface area contributed by atoms with E-state index in [0.29, 0.717) is 0 Å². The third-order valence-electron chi connectivity index (χ3n) is 11.7. The van der Waals surface area contributed by atoms with Crippen LogP contribution in [-0.4, -0.2) is 0 Å². The number of fused-ring (bicyclic) bond motifs is 4. The number of furan rings is 1. The van der Waals surface area contributed by atoms with Crippen molar-refractivity contribution in [1.82, 2.24) is 0 Å². The van der Waals surface area contributed by atoms with Crippen LogP contribution in [-0.2, 0) is 0 Å². The van der Waals surface area contributed by atoms with Crippen molar-refractivity contribution >= 4 is 49.6 Å². The summed E-state index contributed by atoms with van der Waals surface area (Å²) in [7, 11) is 0. The largest absolute Gasteiger partial charge is 0.456 e. The van der Waals surface area contributed by atoms with Crippen LogP contribution in [0.15, 0.2) is 241 Å². The minimum absolute atomic E-state index is 0.867. The van der Waals surface area contributed by atoms with Gasteiger partial charge in [-0.3, -0.25) is 0 Å².